The molecule has 104 valence electrons. The van der Waals surface area contributed by atoms with Gasteiger partial charge >= 0.3 is 0 Å². The summed E-state index contributed by atoms with van der Waals surface area (Å²) >= 11 is 3.57. The highest BCUT2D eigenvalue weighted by molar-refractivity contribution is 7.10. The molecule has 0 aliphatic heterocycles. The van der Waals surface area contributed by atoms with E-state index < -0.39 is 0 Å². The molecule has 0 fully saturated rings. The third kappa shape index (κ3) is 3.44. The number of aromatic nitrogens is 1. The summed E-state index contributed by atoms with van der Waals surface area (Å²) in [5.41, 5.74) is 8.63. The standard InChI is InChI=1S/C15H22N2S2/c1-10-5-6-18-12(10)7-11(8-16)14-17-13(9-19-14)15(2,3)4/h5-6,9,11H,7-8,16H2,1-4H3. The normalized spacial score (nSPS) is 13.7. The number of nitrogens with two attached hydrogens (primary N) is 1. The number of thiazole rings is 1. The summed E-state index contributed by atoms with van der Waals surface area (Å²) in [4.78, 5) is 6.24. The first-order valence-corrected chi connectivity index (χ1v) is 8.36. The van der Waals surface area contributed by atoms with Crippen molar-refractivity contribution in [2.45, 2.75) is 45.4 Å². The van der Waals surface area contributed by atoms with Crippen LogP contribution in [-0.2, 0) is 11.8 Å². The Hall–Kier alpha value is -0.710. The Morgan fingerprint density at radius 1 is 1.32 bits per heavy atom. The molecule has 2 rings (SSSR count). The molecule has 1 atom stereocenters. The van der Waals surface area contributed by atoms with Gasteiger partial charge in [0.05, 0.1) is 10.7 Å². The molecule has 0 amide bonds. The van der Waals surface area contributed by atoms with Crippen molar-refractivity contribution in [3.63, 3.8) is 0 Å². The van der Waals surface area contributed by atoms with Gasteiger partial charge in [0, 0.05) is 28.1 Å². The summed E-state index contributed by atoms with van der Waals surface area (Å²) in [6.45, 7) is 9.43. The van der Waals surface area contributed by atoms with Gasteiger partial charge in [-0.15, -0.1) is 22.7 Å². The zero-order chi connectivity index (χ0) is 14.0. The van der Waals surface area contributed by atoms with Crippen LogP contribution in [0.2, 0.25) is 0 Å². The molecule has 0 aromatic carbocycles. The van der Waals surface area contributed by atoms with Gasteiger partial charge in [0.2, 0.25) is 0 Å². The highest BCUT2D eigenvalue weighted by Gasteiger charge is 2.21. The predicted molar refractivity (Wildman–Crippen MR) is 85.4 cm³/mol. The van der Waals surface area contributed by atoms with Crippen molar-refractivity contribution in [3.8, 4) is 0 Å². The summed E-state index contributed by atoms with van der Waals surface area (Å²) in [5, 5.41) is 5.51. The van der Waals surface area contributed by atoms with E-state index in [1.54, 1.807) is 11.3 Å². The van der Waals surface area contributed by atoms with Gasteiger partial charge in [-0.05, 0) is 30.4 Å². The number of hydrogen-bond acceptors (Lipinski definition) is 4. The van der Waals surface area contributed by atoms with Crippen LogP contribution in [0.15, 0.2) is 16.8 Å². The Balaban J connectivity index is 2.18. The number of thiophene rings is 1. The predicted octanol–water partition coefficient (Wildman–Crippen LogP) is 4.10. The third-order valence-electron chi connectivity index (χ3n) is 3.32. The van der Waals surface area contributed by atoms with Crippen molar-refractivity contribution in [3.05, 3.63) is 38.0 Å². The molecule has 2 N–H and O–H groups in total. The molecular weight excluding hydrogens is 272 g/mol. The summed E-state index contributed by atoms with van der Waals surface area (Å²) in [5.74, 6) is 0.346. The second-order valence-corrected chi connectivity index (χ2v) is 7.87. The lowest BCUT2D eigenvalue weighted by atomic mass is 9.93. The van der Waals surface area contributed by atoms with Crippen LogP contribution in [0.25, 0.3) is 0 Å². The average molecular weight is 294 g/mol. The topological polar surface area (TPSA) is 38.9 Å². The van der Waals surface area contributed by atoms with E-state index in [0.717, 1.165) is 6.42 Å². The molecule has 0 saturated carbocycles. The van der Waals surface area contributed by atoms with Crippen molar-refractivity contribution < 1.29 is 0 Å². The Kier molecular flexibility index (Phi) is 4.43. The highest BCUT2D eigenvalue weighted by atomic mass is 32.1. The lowest BCUT2D eigenvalue weighted by Gasteiger charge is -2.15. The number of nitrogens with zero attached hydrogens (tertiary/aromatic N) is 1. The third-order valence-corrected chi connectivity index (χ3v) is 5.38. The molecule has 0 bridgehead atoms. The first kappa shape index (κ1) is 14.7. The zero-order valence-corrected chi connectivity index (χ0v) is 13.7. The summed E-state index contributed by atoms with van der Waals surface area (Å²) in [7, 11) is 0. The minimum Gasteiger partial charge on any atom is -0.330 e. The fourth-order valence-corrected chi connectivity index (χ4v) is 4.08. The molecule has 1 unspecified atom stereocenters. The minimum atomic E-state index is 0.118. The van der Waals surface area contributed by atoms with Gasteiger partial charge < -0.3 is 5.73 Å². The van der Waals surface area contributed by atoms with Gasteiger partial charge in [0.1, 0.15) is 0 Å². The highest BCUT2D eigenvalue weighted by Crippen LogP contribution is 2.30. The maximum atomic E-state index is 5.96. The molecule has 0 saturated heterocycles. The average Bonchev–Trinajstić information content (AvgIpc) is 2.94. The van der Waals surface area contributed by atoms with Crippen LogP contribution >= 0.6 is 22.7 Å². The maximum Gasteiger partial charge on any atom is 0.0975 e. The Morgan fingerprint density at radius 2 is 2.05 bits per heavy atom. The summed E-state index contributed by atoms with van der Waals surface area (Å²) in [6, 6.07) is 2.18. The van der Waals surface area contributed by atoms with Crippen molar-refractivity contribution in [1.29, 1.82) is 0 Å². The molecule has 2 nitrogen and oxygen atoms in total. The van der Waals surface area contributed by atoms with Crippen LogP contribution < -0.4 is 5.73 Å². The zero-order valence-electron chi connectivity index (χ0n) is 12.1. The molecule has 2 aromatic heterocycles. The molecule has 0 spiro atoms. The van der Waals surface area contributed by atoms with E-state index >= 15 is 0 Å². The number of aryl methyl sites for hydroxylation is 1. The maximum absolute atomic E-state index is 5.96. The SMILES string of the molecule is Cc1ccsc1CC(CN)c1nc(C(C)(C)C)cs1. The molecule has 19 heavy (non-hydrogen) atoms. The van der Waals surface area contributed by atoms with E-state index in [9.17, 15) is 0 Å². The second-order valence-electron chi connectivity index (χ2n) is 5.98. The van der Waals surface area contributed by atoms with E-state index in [4.69, 9.17) is 10.7 Å². The minimum absolute atomic E-state index is 0.118. The molecule has 0 radical (unpaired) electrons. The fourth-order valence-electron chi connectivity index (χ4n) is 1.93. The van der Waals surface area contributed by atoms with Gasteiger partial charge in [-0.2, -0.15) is 0 Å². The smallest absolute Gasteiger partial charge is 0.0975 e. The molecule has 2 heterocycles. The summed E-state index contributed by atoms with van der Waals surface area (Å²) in [6.07, 6.45) is 1.01. The van der Waals surface area contributed by atoms with Crippen molar-refractivity contribution >= 4 is 22.7 Å². The van der Waals surface area contributed by atoms with E-state index in [-0.39, 0.29) is 5.41 Å². The lowest BCUT2D eigenvalue weighted by molar-refractivity contribution is 0.566. The Labute approximate surface area is 123 Å². The van der Waals surface area contributed by atoms with E-state index in [1.807, 2.05) is 11.3 Å². The van der Waals surface area contributed by atoms with Crippen LogP contribution in [-0.4, -0.2) is 11.5 Å². The monoisotopic (exact) mass is 294 g/mol. The largest absolute Gasteiger partial charge is 0.330 e. The van der Waals surface area contributed by atoms with Crippen molar-refractivity contribution in [2.24, 2.45) is 5.73 Å². The Bertz CT molecular complexity index is 534. The first-order chi connectivity index (χ1) is 8.91. The molecule has 2 aromatic rings. The van der Waals surface area contributed by atoms with Gasteiger partial charge in [-0.3, -0.25) is 0 Å². The molecule has 0 aliphatic rings. The first-order valence-electron chi connectivity index (χ1n) is 6.60. The van der Waals surface area contributed by atoms with Gasteiger partial charge in [-0.25, -0.2) is 4.98 Å². The number of rotatable bonds is 4. The second kappa shape index (κ2) is 5.73. The van der Waals surface area contributed by atoms with E-state index in [0.29, 0.717) is 12.5 Å². The van der Waals surface area contributed by atoms with Crippen LogP contribution in [0.3, 0.4) is 0 Å². The van der Waals surface area contributed by atoms with E-state index in [2.05, 4.69) is 44.5 Å². The van der Waals surface area contributed by atoms with Crippen molar-refractivity contribution in [2.75, 3.05) is 6.54 Å². The fraction of sp³-hybridized carbons (Fsp3) is 0.533. The summed E-state index contributed by atoms with van der Waals surface area (Å²) < 4.78 is 0. The van der Waals surface area contributed by atoms with Crippen molar-refractivity contribution in [1.82, 2.24) is 4.98 Å². The number of hydrogen-bond donors (Lipinski definition) is 1. The van der Waals surface area contributed by atoms with Gasteiger partial charge in [0.25, 0.3) is 0 Å². The lowest BCUT2D eigenvalue weighted by Crippen LogP contribution is -2.16. The van der Waals surface area contributed by atoms with Gasteiger partial charge in [-0.1, -0.05) is 20.8 Å². The van der Waals surface area contributed by atoms with Gasteiger partial charge in [0.15, 0.2) is 0 Å². The van der Waals surface area contributed by atoms with E-state index in [1.165, 1.54) is 21.1 Å². The molecule has 0 aliphatic carbocycles. The van der Waals surface area contributed by atoms with Crippen LogP contribution in [0.5, 0.6) is 0 Å². The molecule has 4 heteroatoms. The Morgan fingerprint density at radius 3 is 2.53 bits per heavy atom. The quantitative estimate of drug-likeness (QED) is 0.922. The molecular formula is C15H22N2S2. The van der Waals surface area contributed by atoms with Crippen LogP contribution in [0, 0.1) is 6.92 Å². The van der Waals surface area contributed by atoms with Crippen LogP contribution in [0.1, 0.15) is 47.8 Å². The van der Waals surface area contributed by atoms with Crippen LogP contribution in [0.4, 0.5) is 0 Å².